The number of nitrogens with zero attached hydrogens (tertiary/aromatic N) is 2. The molecule has 30 heavy (non-hydrogen) atoms. The van der Waals surface area contributed by atoms with Gasteiger partial charge in [-0.2, -0.15) is 5.10 Å². The van der Waals surface area contributed by atoms with Crippen LogP contribution >= 0.6 is 0 Å². The maximum Gasteiger partial charge on any atom is 0.267 e. The highest BCUT2D eigenvalue weighted by molar-refractivity contribution is 5.90. The van der Waals surface area contributed by atoms with Crippen molar-refractivity contribution in [1.29, 1.82) is 0 Å². The molecule has 0 aliphatic carbocycles. The number of benzene rings is 2. The predicted octanol–water partition coefficient (Wildman–Crippen LogP) is 3.62. The molecule has 0 radical (unpaired) electrons. The monoisotopic (exact) mass is 405 g/mol. The molecule has 2 aromatic carbocycles. The molecule has 0 spiro atoms. The van der Waals surface area contributed by atoms with Crippen LogP contribution in [0.5, 0.6) is 0 Å². The molecule has 2 N–H and O–H groups in total. The Morgan fingerprint density at radius 3 is 2.67 bits per heavy atom. The van der Waals surface area contributed by atoms with Gasteiger partial charge in [-0.3, -0.25) is 9.59 Å². The Balaban J connectivity index is 1.81. The molecule has 1 heterocycles. The van der Waals surface area contributed by atoms with Gasteiger partial charge in [0, 0.05) is 30.3 Å². The van der Waals surface area contributed by atoms with Crippen LogP contribution in [0.2, 0.25) is 0 Å². The Kier molecular flexibility index (Phi) is 7.51. The minimum absolute atomic E-state index is 0.0204. The Morgan fingerprint density at radius 1 is 1.07 bits per heavy atom. The van der Waals surface area contributed by atoms with Crippen LogP contribution in [0.1, 0.15) is 37.3 Å². The first-order valence-corrected chi connectivity index (χ1v) is 10.3. The van der Waals surface area contributed by atoms with E-state index in [-0.39, 0.29) is 18.1 Å². The average molecular weight is 405 g/mol. The summed E-state index contributed by atoms with van der Waals surface area (Å²) in [5.41, 5.74) is 4.18. The van der Waals surface area contributed by atoms with Gasteiger partial charge in [0.1, 0.15) is 0 Å². The zero-order valence-electron chi connectivity index (χ0n) is 17.2. The van der Waals surface area contributed by atoms with E-state index >= 15 is 0 Å². The van der Waals surface area contributed by atoms with E-state index in [2.05, 4.69) is 10.4 Å². The minimum Gasteiger partial charge on any atom is -0.396 e. The van der Waals surface area contributed by atoms with Crippen LogP contribution < -0.4 is 10.9 Å². The first-order valence-electron chi connectivity index (χ1n) is 10.3. The molecule has 0 aliphatic rings. The van der Waals surface area contributed by atoms with Gasteiger partial charge in [-0.05, 0) is 54.7 Å². The standard InChI is InChI=1S/C24H27N3O3/c1-2-6-23(29)25-21-11-4-8-19(16-21)17-27-24(30)13-12-22(26-27)20-10-3-7-18(15-20)9-5-14-28/h3-4,7-8,10-13,15-16,28H,2,5-6,9,14,17H2,1H3,(H,25,29). The van der Waals surface area contributed by atoms with Crippen molar-refractivity contribution in [3.05, 3.63) is 82.1 Å². The summed E-state index contributed by atoms with van der Waals surface area (Å²) in [6.45, 7) is 2.43. The zero-order chi connectivity index (χ0) is 21.3. The van der Waals surface area contributed by atoms with Crippen LogP contribution in [0, 0.1) is 0 Å². The third-order valence-electron chi connectivity index (χ3n) is 4.73. The van der Waals surface area contributed by atoms with Crippen LogP contribution in [0.15, 0.2) is 65.5 Å². The molecule has 3 aromatic rings. The van der Waals surface area contributed by atoms with Crippen molar-refractivity contribution < 1.29 is 9.90 Å². The number of aryl methyl sites for hydroxylation is 1. The lowest BCUT2D eigenvalue weighted by atomic mass is 10.0. The maximum atomic E-state index is 12.4. The number of rotatable bonds is 9. The van der Waals surface area contributed by atoms with Gasteiger partial charge in [0.2, 0.25) is 5.91 Å². The third kappa shape index (κ3) is 5.87. The summed E-state index contributed by atoms with van der Waals surface area (Å²) in [6, 6.07) is 18.7. The predicted molar refractivity (Wildman–Crippen MR) is 118 cm³/mol. The lowest BCUT2D eigenvalue weighted by Crippen LogP contribution is -2.23. The van der Waals surface area contributed by atoms with Crippen LogP contribution in [0.25, 0.3) is 11.3 Å². The number of aliphatic hydroxyl groups is 1. The van der Waals surface area contributed by atoms with Gasteiger partial charge >= 0.3 is 0 Å². The molecule has 0 unspecified atom stereocenters. The second-order valence-corrected chi connectivity index (χ2v) is 7.24. The van der Waals surface area contributed by atoms with Crippen LogP contribution in [0.4, 0.5) is 5.69 Å². The smallest absolute Gasteiger partial charge is 0.267 e. The first kappa shape index (κ1) is 21.5. The fourth-order valence-electron chi connectivity index (χ4n) is 3.26. The molecule has 0 saturated carbocycles. The van der Waals surface area contributed by atoms with Gasteiger partial charge in [0.15, 0.2) is 0 Å². The number of hydrogen-bond donors (Lipinski definition) is 2. The van der Waals surface area contributed by atoms with E-state index in [1.54, 1.807) is 6.07 Å². The molecule has 1 aromatic heterocycles. The molecule has 0 aliphatic heterocycles. The molecule has 0 bridgehead atoms. The molecule has 0 saturated heterocycles. The molecule has 6 heteroatoms. The normalized spacial score (nSPS) is 10.7. The molecule has 0 atom stereocenters. The molecular formula is C24H27N3O3. The number of hydrogen-bond acceptors (Lipinski definition) is 4. The van der Waals surface area contributed by atoms with E-state index < -0.39 is 0 Å². The third-order valence-corrected chi connectivity index (χ3v) is 4.73. The zero-order valence-corrected chi connectivity index (χ0v) is 17.2. The van der Waals surface area contributed by atoms with Gasteiger partial charge in [-0.25, -0.2) is 4.68 Å². The van der Waals surface area contributed by atoms with E-state index in [9.17, 15) is 9.59 Å². The van der Waals surface area contributed by atoms with Crippen molar-refractivity contribution in [3.8, 4) is 11.3 Å². The van der Waals surface area contributed by atoms with Crippen molar-refractivity contribution in [3.63, 3.8) is 0 Å². The van der Waals surface area contributed by atoms with Crippen molar-refractivity contribution in [2.45, 2.75) is 39.2 Å². The molecule has 156 valence electrons. The molecule has 0 fully saturated rings. The number of carbonyl (C=O) groups is 1. The largest absolute Gasteiger partial charge is 0.396 e. The van der Waals surface area contributed by atoms with Gasteiger partial charge in [0.05, 0.1) is 12.2 Å². The van der Waals surface area contributed by atoms with Crippen molar-refractivity contribution in [1.82, 2.24) is 9.78 Å². The summed E-state index contributed by atoms with van der Waals surface area (Å²) >= 11 is 0. The number of aromatic nitrogens is 2. The average Bonchev–Trinajstić information content (AvgIpc) is 2.74. The van der Waals surface area contributed by atoms with Gasteiger partial charge in [-0.1, -0.05) is 37.3 Å². The van der Waals surface area contributed by atoms with Crippen molar-refractivity contribution >= 4 is 11.6 Å². The number of nitrogens with one attached hydrogen (secondary N) is 1. The highest BCUT2D eigenvalue weighted by Gasteiger charge is 2.07. The topological polar surface area (TPSA) is 84.2 Å². The summed E-state index contributed by atoms with van der Waals surface area (Å²) in [6.07, 6.45) is 2.77. The summed E-state index contributed by atoms with van der Waals surface area (Å²) < 4.78 is 1.43. The quantitative estimate of drug-likeness (QED) is 0.569. The number of aliphatic hydroxyl groups excluding tert-OH is 1. The van der Waals surface area contributed by atoms with Gasteiger partial charge < -0.3 is 10.4 Å². The summed E-state index contributed by atoms with van der Waals surface area (Å²) in [7, 11) is 0. The number of amides is 1. The van der Waals surface area contributed by atoms with Crippen LogP contribution in [-0.4, -0.2) is 27.4 Å². The molecule has 1 amide bonds. The van der Waals surface area contributed by atoms with Gasteiger partial charge in [0.25, 0.3) is 5.56 Å². The Morgan fingerprint density at radius 2 is 1.87 bits per heavy atom. The Hall–Kier alpha value is -3.25. The second kappa shape index (κ2) is 10.5. The Bertz CT molecular complexity index is 1060. The van der Waals surface area contributed by atoms with Crippen LogP contribution in [-0.2, 0) is 17.8 Å². The van der Waals surface area contributed by atoms with E-state index in [0.29, 0.717) is 30.8 Å². The minimum atomic E-state index is -0.185. The van der Waals surface area contributed by atoms with E-state index in [0.717, 1.165) is 29.5 Å². The SMILES string of the molecule is CCCC(=O)Nc1cccc(Cn2nc(-c3cccc(CCCO)c3)ccc2=O)c1. The maximum absolute atomic E-state index is 12.4. The molecular weight excluding hydrogens is 378 g/mol. The highest BCUT2D eigenvalue weighted by Crippen LogP contribution is 2.18. The fraction of sp³-hybridized carbons (Fsp3) is 0.292. The first-order chi connectivity index (χ1) is 14.6. The molecule has 3 rings (SSSR count). The van der Waals surface area contributed by atoms with E-state index in [4.69, 9.17) is 5.11 Å². The summed E-state index contributed by atoms with van der Waals surface area (Å²) in [4.78, 5) is 24.2. The van der Waals surface area contributed by atoms with Crippen LogP contribution in [0.3, 0.4) is 0 Å². The fourth-order valence-corrected chi connectivity index (χ4v) is 3.26. The van der Waals surface area contributed by atoms with Crippen molar-refractivity contribution in [2.75, 3.05) is 11.9 Å². The van der Waals surface area contributed by atoms with E-state index in [1.807, 2.05) is 55.5 Å². The lowest BCUT2D eigenvalue weighted by Gasteiger charge is -2.10. The highest BCUT2D eigenvalue weighted by atomic mass is 16.3. The Labute approximate surface area is 176 Å². The molecule has 6 nitrogen and oxygen atoms in total. The van der Waals surface area contributed by atoms with Crippen molar-refractivity contribution in [2.24, 2.45) is 0 Å². The van der Waals surface area contributed by atoms with E-state index in [1.165, 1.54) is 10.7 Å². The summed E-state index contributed by atoms with van der Waals surface area (Å²) in [5, 5.41) is 16.5. The van der Waals surface area contributed by atoms with Gasteiger partial charge in [-0.15, -0.1) is 0 Å². The second-order valence-electron chi connectivity index (χ2n) is 7.24. The lowest BCUT2D eigenvalue weighted by molar-refractivity contribution is -0.116. The summed E-state index contributed by atoms with van der Waals surface area (Å²) in [5.74, 6) is -0.0204. The number of carbonyl (C=O) groups excluding carboxylic acids is 1. The number of anilines is 1.